The van der Waals surface area contributed by atoms with E-state index in [1.165, 1.54) is 28.5 Å². The number of hydrogen-bond donors (Lipinski definition) is 1. The van der Waals surface area contributed by atoms with E-state index in [2.05, 4.69) is 29.1 Å². The van der Waals surface area contributed by atoms with Crippen molar-refractivity contribution in [2.24, 2.45) is 0 Å². The second-order valence-electron chi connectivity index (χ2n) is 5.10. The van der Waals surface area contributed by atoms with Crippen molar-refractivity contribution in [3.05, 3.63) is 45.0 Å². The van der Waals surface area contributed by atoms with Crippen LogP contribution in [0.1, 0.15) is 10.4 Å². The predicted molar refractivity (Wildman–Crippen MR) is 103 cm³/mol. The van der Waals surface area contributed by atoms with Gasteiger partial charge in [-0.05, 0) is 37.6 Å². The van der Waals surface area contributed by atoms with Crippen molar-refractivity contribution < 1.29 is 4.79 Å². The van der Waals surface area contributed by atoms with Gasteiger partial charge in [-0.3, -0.25) is 4.79 Å². The molecule has 0 bridgehead atoms. The van der Waals surface area contributed by atoms with Gasteiger partial charge < -0.3 is 5.32 Å². The van der Waals surface area contributed by atoms with Crippen LogP contribution >= 0.6 is 46.3 Å². The fourth-order valence-corrected chi connectivity index (χ4v) is 4.54. The molecule has 1 amide bonds. The molecule has 4 nitrogen and oxygen atoms in total. The van der Waals surface area contributed by atoms with Gasteiger partial charge in [0.05, 0.1) is 16.5 Å². The number of halogens is 2. The van der Waals surface area contributed by atoms with Crippen molar-refractivity contribution in [1.82, 2.24) is 9.97 Å². The molecule has 1 aromatic carbocycles. The number of amides is 1. The molecule has 3 aromatic rings. The van der Waals surface area contributed by atoms with Crippen LogP contribution in [0.4, 0.5) is 5.69 Å². The number of carbonyl (C=O) groups is 1. The Hall–Kier alpha value is -1.34. The first-order valence-corrected chi connectivity index (χ1v) is 9.60. The molecule has 0 spiro atoms. The summed E-state index contributed by atoms with van der Waals surface area (Å²) in [6.07, 6.45) is 1.54. The topological polar surface area (TPSA) is 54.9 Å². The van der Waals surface area contributed by atoms with E-state index >= 15 is 0 Å². The third kappa shape index (κ3) is 3.67. The van der Waals surface area contributed by atoms with Gasteiger partial charge in [0, 0.05) is 15.3 Å². The van der Waals surface area contributed by atoms with E-state index < -0.39 is 0 Å². The van der Waals surface area contributed by atoms with Crippen LogP contribution in [0.3, 0.4) is 0 Å². The lowest BCUT2D eigenvalue weighted by Crippen LogP contribution is -2.14. The van der Waals surface area contributed by atoms with Crippen LogP contribution in [-0.4, -0.2) is 21.6 Å². The molecule has 2 aromatic heterocycles. The van der Waals surface area contributed by atoms with Crippen molar-refractivity contribution in [2.75, 3.05) is 11.1 Å². The van der Waals surface area contributed by atoms with Gasteiger partial charge in [0.15, 0.2) is 0 Å². The predicted octanol–water partition coefficient (Wildman–Crippen LogP) is 5.35. The average Bonchev–Trinajstić information content (AvgIpc) is 2.83. The summed E-state index contributed by atoms with van der Waals surface area (Å²) < 4.78 is 0. The van der Waals surface area contributed by atoms with Gasteiger partial charge in [0.1, 0.15) is 16.2 Å². The molecule has 1 N–H and O–H groups in total. The minimum absolute atomic E-state index is 0.152. The molecule has 0 fully saturated rings. The Bertz CT molecular complexity index is 927. The van der Waals surface area contributed by atoms with Crippen molar-refractivity contribution in [3.63, 3.8) is 0 Å². The number of nitrogens with one attached hydrogen (secondary N) is 1. The van der Waals surface area contributed by atoms with Gasteiger partial charge in [-0.2, -0.15) is 0 Å². The van der Waals surface area contributed by atoms with Gasteiger partial charge in [-0.15, -0.1) is 11.3 Å². The summed E-state index contributed by atoms with van der Waals surface area (Å²) in [4.78, 5) is 23.0. The summed E-state index contributed by atoms with van der Waals surface area (Å²) in [6.45, 7) is 4.11. The number of thioether (sulfide) groups is 1. The fourth-order valence-electron chi connectivity index (χ4n) is 2.17. The quantitative estimate of drug-likeness (QED) is 0.476. The lowest BCUT2D eigenvalue weighted by molar-refractivity contribution is -0.113. The highest BCUT2D eigenvalue weighted by molar-refractivity contribution is 8.00. The van der Waals surface area contributed by atoms with Gasteiger partial charge in [0.2, 0.25) is 5.91 Å². The normalized spacial score (nSPS) is 11.0. The maximum absolute atomic E-state index is 12.2. The highest BCUT2D eigenvalue weighted by atomic mass is 35.5. The van der Waals surface area contributed by atoms with Crippen LogP contribution in [-0.2, 0) is 4.79 Å². The number of aromatic nitrogens is 2. The van der Waals surface area contributed by atoms with E-state index in [4.69, 9.17) is 23.2 Å². The third-order valence-corrected chi connectivity index (χ3v) is 6.13. The van der Waals surface area contributed by atoms with Crippen LogP contribution in [0, 0.1) is 13.8 Å². The standard InChI is InChI=1S/C16H13Cl2N3OS2/c1-8-9(2)24-16-14(8)15(19-7-20-16)23-6-13(22)21-12-4-3-10(17)5-11(12)18/h3-5,7H,6H2,1-2H3,(H,21,22). The monoisotopic (exact) mass is 397 g/mol. The summed E-state index contributed by atoms with van der Waals surface area (Å²) >= 11 is 14.9. The number of nitrogens with zero attached hydrogens (tertiary/aromatic N) is 2. The van der Waals surface area contributed by atoms with Crippen LogP contribution in [0.25, 0.3) is 10.2 Å². The summed E-state index contributed by atoms with van der Waals surface area (Å²) in [5.41, 5.74) is 1.71. The molecular formula is C16H13Cl2N3OS2. The molecule has 0 unspecified atom stereocenters. The zero-order valence-corrected chi connectivity index (χ0v) is 16.0. The molecular weight excluding hydrogens is 385 g/mol. The molecule has 0 radical (unpaired) electrons. The first-order valence-electron chi connectivity index (χ1n) is 7.04. The molecule has 0 aliphatic heterocycles. The van der Waals surface area contributed by atoms with E-state index in [1.54, 1.807) is 29.5 Å². The number of benzene rings is 1. The van der Waals surface area contributed by atoms with Crippen LogP contribution in [0.5, 0.6) is 0 Å². The Morgan fingerprint density at radius 1 is 1.29 bits per heavy atom. The SMILES string of the molecule is Cc1sc2ncnc(SCC(=O)Nc3ccc(Cl)cc3Cl)c2c1C. The Morgan fingerprint density at radius 2 is 2.08 bits per heavy atom. The molecule has 0 saturated heterocycles. The van der Waals surface area contributed by atoms with Crippen molar-refractivity contribution >= 4 is 68.1 Å². The molecule has 124 valence electrons. The van der Waals surface area contributed by atoms with Crippen LogP contribution < -0.4 is 5.32 Å². The highest BCUT2D eigenvalue weighted by Crippen LogP contribution is 2.34. The minimum Gasteiger partial charge on any atom is -0.324 e. The van der Waals surface area contributed by atoms with E-state index in [1.807, 2.05) is 0 Å². The zero-order chi connectivity index (χ0) is 17.3. The largest absolute Gasteiger partial charge is 0.324 e. The van der Waals surface area contributed by atoms with Crippen LogP contribution in [0.2, 0.25) is 10.0 Å². The molecule has 0 aliphatic carbocycles. The number of fused-ring (bicyclic) bond motifs is 1. The van der Waals surface area contributed by atoms with Gasteiger partial charge >= 0.3 is 0 Å². The Kier molecular flexibility index (Phi) is 5.30. The Morgan fingerprint density at radius 3 is 2.83 bits per heavy atom. The fraction of sp³-hybridized carbons (Fsp3) is 0.188. The molecule has 0 aliphatic rings. The number of carbonyl (C=O) groups excluding carboxylic acids is 1. The van der Waals surface area contributed by atoms with Crippen molar-refractivity contribution in [2.45, 2.75) is 18.9 Å². The number of anilines is 1. The lowest BCUT2D eigenvalue weighted by Gasteiger charge is -2.07. The number of hydrogen-bond acceptors (Lipinski definition) is 5. The molecule has 8 heteroatoms. The smallest absolute Gasteiger partial charge is 0.234 e. The summed E-state index contributed by atoms with van der Waals surface area (Å²) in [5, 5.41) is 5.57. The number of thiophene rings is 1. The highest BCUT2D eigenvalue weighted by Gasteiger charge is 2.14. The maximum Gasteiger partial charge on any atom is 0.234 e. The maximum atomic E-state index is 12.2. The first-order chi connectivity index (χ1) is 11.5. The third-order valence-electron chi connectivity index (χ3n) is 3.48. The molecule has 24 heavy (non-hydrogen) atoms. The number of aryl methyl sites for hydroxylation is 2. The van der Waals surface area contributed by atoms with Gasteiger partial charge in [0.25, 0.3) is 0 Å². The molecule has 0 atom stereocenters. The second-order valence-corrected chi connectivity index (χ2v) is 8.11. The molecule has 0 saturated carbocycles. The zero-order valence-electron chi connectivity index (χ0n) is 12.9. The van der Waals surface area contributed by atoms with Crippen molar-refractivity contribution in [3.8, 4) is 0 Å². The second kappa shape index (κ2) is 7.27. The summed E-state index contributed by atoms with van der Waals surface area (Å²) in [5.74, 6) is 0.0833. The van der Waals surface area contributed by atoms with Gasteiger partial charge in [-0.1, -0.05) is 35.0 Å². The first kappa shape index (κ1) is 17.5. The summed E-state index contributed by atoms with van der Waals surface area (Å²) in [6, 6.07) is 4.96. The number of rotatable bonds is 4. The Labute approximate surface area is 157 Å². The molecule has 3 rings (SSSR count). The van der Waals surface area contributed by atoms with E-state index in [9.17, 15) is 4.79 Å². The van der Waals surface area contributed by atoms with E-state index in [-0.39, 0.29) is 11.7 Å². The van der Waals surface area contributed by atoms with Crippen LogP contribution in [0.15, 0.2) is 29.6 Å². The lowest BCUT2D eigenvalue weighted by atomic mass is 10.2. The van der Waals surface area contributed by atoms with E-state index in [0.29, 0.717) is 15.7 Å². The van der Waals surface area contributed by atoms with E-state index in [0.717, 1.165) is 15.2 Å². The Balaban J connectivity index is 1.73. The summed E-state index contributed by atoms with van der Waals surface area (Å²) in [7, 11) is 0. The average molecular weight is 398 g/mol. The van der Waals surface area contributed by atoms with Crippen molar-refractivity contribution in [1.29, 1.82) is 0 Å². The van der Waals surface area contributed by atoms with Gasteiger partial charge in [-0.25, -0.2) is 9.97 Å². The molecule has 2 heterocycles. The minimum atomic E-state index is -0.152.